The number of sulfonamides is 1. The second-order valence-electron chi connectivity index (χ2n) is 7.39. The Balaban J connectivity index is 1.77. The Hall–Kier alpha value is -1.97. The van der Waals surface area contributed by atoms with E-state index in [1.54, 1.807) is 6.07 Å². The van der Waals surface area contributed by atoms with Crippen LogP contribution in [0.1, 0.15) is 37.1 Å². The third-order valence-corrected chi connectivity index (χ3v) is 5.50. The van der Waals surface area contributed by atoms with Crippen molar-refractivity contribution >= 4 is 10.0 Å². The van der Waals surface area contributed by atoms with Crippen molar-refractivity contribution < 1.29 is 13.5 Å². The van der Waals surface area contributed by atoms with Crippen LogP contribution in [0.4, 0.5) is 0 Å². The molecule has 1 unspecified atom stereocenters. The lowest BCUT2D eigenvalue weighted by Crippen LogP contribution is -2.33. The van der Waals surface area contributed by atoms with Gasteiger partial charge in [-0.3, -0.25) is 4.90 Å². The second-order valence-corrected chi connectivity index (χ2v) is 9.17. The zero-order valence-electron chi connectivity index (χ0n) is 16.0. The first-order valence-corrected chi connectivity index (χ1v) is 11.0. The van der Waals surface area contributed by atoms with Crippen molar-refractivity contribution in [1.82, 2.24) is 24.4 Å². The van der Waals surface area contributed by atoms with Gasteiger partial charge in [-0.1, -0.05) is 32.0 Å². The van der Waals surface area contributed by atoms with Crippen LogP contribution in [-0.2, 0) is 29.5 Å². The van der Waals surface area contributed by atoms with Crippen molar-refractivity contribution in [3.63, 3.8) is 0 Å². The first-order valence-electron chi connectivity index (χ1n) is 9.13. The van der Waals surface area contributed by atoms with Crippen LogP contribution in [0.2, 0.25) is 0 Å². The van der Waals surface area contributed by atoms with Crippen LogP contribution < -0.4 is 4.72 Å². The molecule has 0 fully saturated rings. The second kappa shape index (κ2) is 7.95. The molecule has 0 amide bonds. The molecule has 0 bridgehead atoms. The Kier molecular flexibility index (Phi) is 5.83. The lowest BCUT2D eigenvalue weighted by Gasteiger charge is -2.22. The van der Waals surface area contributed by atoms with Gasteiger partial charge in [0.05, 0.1) is 12.3 Å². The van der Waals surface area contributed by atoms with Gasteiger partial charge in [-0.2, -0.15) is 0 Å². The molecule has 0 radical (unpaired) electrons. The molecule has 1 aliphatic rings. The minimum absolute atomic E-state index is 0.0497. The number of rotatable bonds is 6. The van der Waals surface area contributed by atoms with E-state index in [9.17, 15) is 13.5 Å². The van der Waals surface area contributed by atoms with E-state index in [0.29, 0.717) is 24.7 Å². The molecule has 3 rings (SSSR count). The Morgan fingerprint density at radius 1 is 1.19 bits per heavy atom. The Labute approximate surface area is 160 Å². The van der Waals surface area contributed by atoms with E-state index in [1.807, 2.05) is 36.6 Å². The predicted molar refractivity (Wildman–Crippen MR) is 103 cm³/mol. The van der Waals surface area contributed by atoms with Gasteiger partial charge in [-0.25, -0.2) is 13.1 Å². The summed E-state index contributed by atoms with van der Waals surface area (Å²) in [6.45, 7) is 6.85. The fraction of sp³-hybridized carbons (Fsp3) is 0.556. The predicted octanol–water partition coefficient (Wildman–Crippen LogP) is 1.29. The standard InChI is InChI=1S/C18H27N5O3S/c1-13(2)17(21-27(3,25)26)18-20-19-16-8-9-22(10-11-23(16)18)12-14-6-4-5-7-15(14)24/h4-7,13,17,21,24H,8-12H2,1-3H3. The summed E-state index contributed by atoms with van der Waals surface area (Å²) in [6, 6.07) is 6.95. The van der Waals surface area contributed by atoms with Crippen LogP contribution in [0.5, 0.6) is 5.75 Å². The van der Waals surface area contributed by atoms with Gasteiger partial charge in [0.2, 0.25) is 10.0 Å². The third-order valence-electron chi connectivity index (χ3n) is 4.82. The number of nitrogens with zero attached hydrogens (tertiary/aromatic N) is 4. The number of aromatic nitrogens is 3. The first-order chi connectivity index (χ1) is 12.7. The van der Waals surface area contributed by atoms with Crippen LogP contribution in [-0.4, -0.2) is 52.5 Å². The number of aromatic hydroxyl groups is 1. The summed E-state index contributed by atoms with van der Waals surface area (Å²) in [4.78, 5) is 2.27. The van der Waals surface area contributed by atoms with Crippen LogP contribution >= 0.6 is 0 Å². The number of fused-ring (bicyclic) bond motifs is 1. The minimum Gasteiger partial charge on any atom is -0.508 e. The fourth-order valence-corrected chi connectivity index (χ4v) is 4.22. The van der Waals surface area contributed by atoms with Crippen LogP contribution in [0.3, 0.4) is 0 Å². The average molecular weight is 394 g/mol. The first kappa shape index (κ1) is 19.8. The Bertz CT molecular complexity index is 894. The zero-order chi connectivity index (χ0) is 19.6. The zero-order valence-corrected chi connectivity index (χ0v) is 16.8. The van der Waals surface area contributed by atoms with E-state index in [0.717, 1.165) is 37.2 Å². The molecule has 27 heavy (non-hydrogen) atoms. The van der Waals surface area contributed by atoms with Crippen molar-refractivity contribution in [1.29, 1.82) is 0 Å². The van der Waals surface area contributed by atoms with E-state index >= 15 is 0 Å². The van der Waals surface area contributed by atoms with Crippen molar-refractivity contribution in [2.45, 2.75) is 39.4 Å². The van der Waals surface area contributed by atoms with Crippen LogP contribution in [0.15, 0.2) is 24.3 Å². The fourth-order valence-electron chi connectivity index (χ4n) is 3.38. The van der Waals surface area contributed by atoms with E-state index in [4.69, 9.17) is 0 Å². The number of phenols is 1. The molecule has 1 atom stereocenters. The van der Waals surface area contributed by atoms with Gasteiger partial charge >= 0.3 is 0 Å². The summed E-state index contributed by atoms with van der Waals surface area (Å²) in [5.74, 6) is 1.88. The highest BCUT2D eigenvalue weighted by Crippen LogP contribution is 2.24. The molecule has 1 aromatic heterocycles. The minimum atomic E-state index is -3.36. The quantitative estimate of drug-likeness (QED) is 0.767. The van der Waals surface area contributed by atoms with Gasteiger partial charge in [0.15, 0.2) is 5.82 Å². The molecule has 1 aromatic carbocycles. The number of hydrogen-bond donors (Lipinski definition) is 2. The molecule has 9 heteroatoms. The van der Waals surface area contributed by atoms with E-state index < -0.39 is 16.1 Å². The van der Waals surface area contributed by atoms with Gasteiger partial charge in [0.1, 0.15) is 11.6 Å². The SMILES string of the molecule is CC(C)C(NS(C)(=O)=O)c1nnc2n1CCN(Cc1ccccc1O)CC2. The van der Waals surface area contributed by atoms with E-state index in [-0.39, 0.29) is 5.92 Å². The van der Waals surface area contributed by atoms with Gasteiger partial charge in [-0.05, 0) is 12.0 Å². The van der Waals surface area contributed by atoms with E-state index in [1.165, 1.54) is 0 Å². The van der Waals surface area contributed by atoms with Gasteiger partial charge in [-0.15, -0.1) is 10.2 Å². The summed E-state index contributed by atoms with van der Waals surface area (Å²) < 4.78 is 28.3. The summed E-state index contributed by atoms with van der Waals surface area (Å²) in [6.07, 6.45) is 1.89. The molecule has 2 aromatic rings. The molecule has 2 heterocycles. The maximum absolute atomic E-state index is 11.8. The molecular formula is C18H27N5O3S. The van der Waals surface area contributed by atoms with Crippen LogP contribution in [0, 0.1) is 5.92 Å². The molecule has 0 saturated heterocycles. The van der Waals surface area contributed by atoms with E-state index in [2.05, 4.69) is 19.8 Å². The number of para-hydroxylation sites is 1. The number of phenolic OH excluding ortho intramolecular Hbond substituents is 1. The van der Waals surface area contributed by atoms with Gasteiger partial charge < -0.3 is 9.67 Å². The van der Waals surface area contributed by atoms with Gasteiger partial charge in [0.25, 0.3) is 0 Å². The molecule has 0 spiro atoms. The third kappa shape index (κ3) is 4.85. The molecule has 148 valence electrons. The number of hydrogen-bond acceptors (Lipinski definition) is 6. The monoisotopic (exact) mass is 393 g/mol. The highest BCUT2D eigenvalue weighted by atomic mass is 32.2. The Morgan fingerprint density at radius 3 is 2.59 bits per heavy atom. The maximum Gasteiger partial charge on any atom is 0.209 e. The Morgan fingerprint density at radius 2 is 1.93 bits per heavy atom. The maximum atomic E-state index is 11.8. The smallest absolute Gasteiger partial charge is 0.209 e. The molecule has 0 saturated carbocycles. The topological polar surface area (TPSA) is 100 Å². The van der Waals surface area contributed by atoms with Crippen LogP contribution in [0.25, 0.3) is 0 Å². The molecule has 1 aliphatic heterocycles. The lowest BCUT2D eigenvalue weighted by atomic mass is 10.1. The molecule has 8 nitrogen and oxygen atoms in total. The number of benzene rings is 1. The summed E-state index contributed by atoms with van der Waals surface area (Å²) in [5.41, 5.74) is 0.897. The average Bonchev–Trinajstić information content (AvgIpc) is 2.88. The number of nitrogens with one attached hydrogen (secondary N) is 1. The lowest BCUT2D eigenvalue weighted by molar-refractivity contribution is 0.265. The summed E-state index contributed by atoms with van der Waals surface area (Å²) in [5, 5.41) is 18.6. The largest absolute Gasteiger partial charge is 0.508 e. The summed E-state index contributed by atoms with van der Waals surface area (Å²) >= 11 is 0. The molecular weight excluding hydrogens is 366 g/mol. The normalized spacial score (nSPS) is 16.9. The van der Waals surface area contributed by atoms with Crippen molar-refractivity contribution in [2.75, 3.05) is 19.3 Å². The molecule has 2 N–H and O–H groups in total. The highest BCUT2D eigenvalue weighted by molar-refractivity contribution is 7.88. The highest BCUT2D eigenvalue weighted by Gasteiger charge is 2.28. The van der Waals surface area contributed by atoms with Crippen molar-refractivity contribution in [3.05, 3.63) is 41.5 Å². The van der Waals surface area contributed by atoms with Crippen molar-refractivity contribution in [2.24, 2.45) is 5.92 Å². The molecule has 0 aliphatic carbocycles. The summed E-state index contributed by atoms with van der Waals surface area (Å²) in [7, 11) is -3.36. The van der Waals surface area contributed by atoms with Gasteiger partial charge in [0, 0.05) is 38.2 Å². The van der Waals surface area contributed by atoms with Crippen molar-refractivity contribution in [3.8, 4) is 5.75 Å².